The third-order valence-electron chi connectivity index (χ3n) is 4.16. The van der Waals surface area contributed by atoms with Gasteiger partial charge in [0, 0.05) is 12.1 Å². The minimum Gasteiger partial charge on any atom is -0.324 e. The smallest absolute Gasteiger partial charge is 0.144 e. The highest BCUT2D eigenvalue weighted by atomic mass is 35.5. The Hall–Kier alpha value is -0.800. The van der Waals surface area contributed by atoms with Gasteiger partial charge in [-0.25, -0.2) is 9.37 Å². The van der Waals surface area contributed by atoms with Crippen molar-refractivity contribution in [2.24, 2.45) is 5.92 Å². The molecule has 102 valence electrons. The van der Waals surface area contributed by atoms with Crippen molar-refractivity contribution in [3.8, 4) is 0 Å². The van der Waals surface area contributed by atoms with Gasteiger partial charge in [-0.1, -0.05) is 18.0 Å². The largest absolute Gasteiger partial charge is 0.324 e. The Balaban J connectivity index is 2.16. The van der Waals surface area contributed by atoms with Gasteiger partial charge in [-0.15, -0.1) is 11.6 Å². The van der Waals surface area contributed by atoms with Crippen LogP contribution >= 0.6 is 23.2 Å². The summed E-state index contributed by atoms with van der Waals surface area (Å²) in [6, 6.07) is 3.37. The number of benzene rings is 1. The van der Waals surface area contributed by atoms with Crippen LogP contribution in [-0.4, -0.2) is 9.55 Å². The molecule has 0 amide bonds. The van der Waals surface area contributed by atoms with E-state index >= 15 is 0 Å². The molecule has 5 heteroatoms. The molecule has 0 spiro atoms. The van der Waals surface area contributed by atoms with Gasteiger partial charge in [0.15, 0.2) is 0 Å². The van der Waals surface area contributed by atoms with Crippen LogP contribution in [0.25, 0.3) is 11.0 Å². The first-order chi connectivity index (χ1) is 9.11. The summed E-state index contributed by atoms with van der Waals surface area (Å²) in [5.41, 5.74) is 1.50. The normalized spacial score (nSPS) is 17.7. The highest BCUT2D eigenvalue weighted by Crippen LogP contribution is 2.39. The van der Waals surface area contributed by atoms with Crippen molar-refractivity contribution in [1.29, 1.82) is 0 Å². The summed E-state index contributed by atoms with van der Waals surface area (Å²) < 4.78 is 15.6. The number of alkyl halides is 1. The van der Waals surface area contributed by atoms with Crippen molar-refractivity contribution in [2.45, 2.75) is 38.1 Å². The predicted octanol–water partition coefficient (Wildman–Crippen LogP) is 4.93. The van der Waals surface area contributed by atoms with Crippen LogP contribution in [-0.2, 0) is 5.88 Å². The van der Waals surface area contributed by atoms with Crippen molar-refractivity contribution in [3.63, 3.8) is 0 Å². The molecule has 0 saturated heterocycles. The van der Waals surface area contributed by atoms with E-state index in [1.165, 1.54) is 25.3 Å². The molecule has 1 aliphatic rings. The molecule has 1 heterocycles. The van der Waals surface area contributed by atoms with Gasteiger partial charge in [-0.2, -0.15) is 0 Å². The molecule has 0 bridgehead atoms. The van der Waals surface area contributed by atoms with Crippen LogP contribution in [0.15, 0.2) is 12.1 Å². The minimum atomic E-state index is -0.434. The summed E-state index contributed by atoms with van der Waals surface area (Å²) in [5.74, 6) is 1.34. The summed E-state index contributed by atoms with van der Waals surface area (Å²) in [7, 11) is 0. The lowest BCUT2D eigenvalue weighted by atomic mass is 9.80. The topological polar surface area (TPSA) is 17.8 Å². The zero-order valence-corrected chi connectivity index (χ0v) is 12.2. The second-order valence-corrected chi connectivity index (χ2v) is 5.89. The first-order valence-electron chi connectivity index (χ1n) is 6.53. The number of fused-ring (bicyclic) bond motifs is 1. The SMILES string of the molecule is CC(C1CCC1)n1c(CCl)nc2cc(F)c(Cl)cc21. The first kappa shape index (κ1) is 13.2. The van der Waals surface area contributed by atoms with E-state index in [1.54, 1.807) is 6.07 Å². The Morgan fingerprint density at radius 1 is 1.47 bits per heavy atom. The Kier molecular flexibility index (Phi) is 3.44. The van der Waals surface area contributed by atoms with E-state index in [9.17, 15) is 4.39 Å². The predicted molar refractivity (Wildman–Crippen MR) is 76.3 cm³/mol. The lowest BCUT2D eigenvalue weighted by molar-refractivity contribution is 0.223. The average Bonchev–Trinajstić information content (AvgIpc) is 2.65. The van der Waals surface area contributed by atoms with Crippen molar-refractivity contribution in [1.82, 2.24) is 9.55 Å². The summed E-state index contributed by atoms with van der Waals surface area (Å²) in [4.78, 5) is 4.43. The van der Waals surface area contributed by atoms with Crippen LogP contribution in [0, 0.1) is 11.7 Å². The molecule has 2 nitrogen and oxygen atoms in total. The Labute approximate surface area is 121 Å². The lowest BCUT2D eigenvalue weighted by Gasteiger charge is -2.33. The Morgan fingerprint density at radius 2 is 2.21 bits per heavy atom. The maximum Gasteiger partial charge on any atom is 0.144 e. The van der Waals surface area contributed by atoms with E-state index < -0.39 is 5.82 Å². The molecule has 1 aliphatic carbocycles. The molecule has 1 saturated carbocycles. The van der Waals surface area contributed by atoms with Gasteiger partial charge < -0.3 is 4.57 Å². The highest BCUT2D eigenvalue weighted by Gasteiger charge is 2.28. The molecule has 2 aromatic rings. The van der Waals surface area contributed by atoms with Gasteiger partial charge in [-0.05, 0) is 31.7 Å². The molecule has 1 atom stereocenters. The van der Waals surface area contributed by atoms with E-state index in [-0.39, 0.29) is 5.02 Å². The monoisotopic (exact) mass is 300 g/mol. The second kappa shape index (κ2) is 4.95. The summed E-state index contributed by atoms with van der Waals surface area (Å²) in [6.07, 6.45) is 3.75. The number of hydrogen-bond donors (Lipinski definition) is 0. The quantitative estimate of drug-likeness (QED) is 0.735. The van der Waals surface area contributed by atoms with Crippen LogP contribution in [0.1, 0.15) is 38.1 Å². The molecule has 0 radical (unpaired) electrons. The second-order valence-electron chi connectivity index (χ2n) is 5.22. The Bertz CT molecular complexity index is 619. The van der Waals surface area contributed by atoms with Crippen molar-refractivity contribution in [2.75, 3.05) is 0 Å². The van der Waals surface area contributed by atoms with Gasteiger partial charge in [0.1, 0.15) is 11.6 Å². The molecule has 1 aromatic heterocycles. The molecule has 0 N–H and O–H groups in total. The molecule has 3 rings (SSSR count). The molecule has 1 unspecified atom stereocenters. The maximum atomic E-state index is 13.5. The van der Waals surface area contributed by atoms with Gasteiger partial charge in [0.25, 0.3) is 0 Å². The highest BCUT2D eigenvalue weighted by molar-refractivity contribution is 6.31. The summed E-state index contributed by atoms with van der Waals surface area (Å²) in [5, 5.41) is 0.135. The minimum absolute atomic E-state index is 0.135. The van der Waals surface area contributed by atoms with Crippen LogP contribution in [0.5, 0.6) is 0 Å². The van der Waals surface area contributed by atoms with Crippen LogP contribution in [0.3, 0.4) is 0 Å². The summed E-state index contributed by atoms with van der Waals surface area (Å²) >= 11 is 11.9. The zero-order valence-electron chi connectivity index (χ0n) is 10.7. The third kappa shape index (κ3) is 2.13. The number of aromatic nitrogens is 2. The first-order valence-corrected chi connectivity index (χ1v) is 7.45. The molecule has 1 aromatic carbocycles. The fourth-order valence-electron chi connectivity index (χ4n) is 2.82. The average molecular weight is 301 g/mol. The van der Waals surface area contributed by atoms with Gasteiger partial charge in [0.05, 0.1) is 21.9 Å². The molecule has 19 heavy (non-hydrogen) atoms. The molecular weight excluding hydrogens is 286 g/mol. The standard InChI is InChI=1S/C14H15Cl2FN2/c1-8(9-3-2-4-9)19-13-5-10(16)11(17)6-12(13)18-14(19)7-15/h5-6,8-9H,2-4,7H2,1H3. The molecule has 1 fully saturated rings. The third-order valence-corrected chi connectivity index (χ3v) is 4.69. The van der Waals surface area contributed by atoms with E-state index in [0.717, 1.165) is 11.3 Å². The lowest BCUT2D eigenvalue weighted by Crippen LogP contribution is -2.24. The van der Waals surface area contributed by atoms with E-state index in [2.05, 4.69) is 16.5 Å². The molecular formula is C14H15Cl2FN2. The van der Waals surface area contributed by atoms with Gasteiger partial charge in [0.2, 0.25) is 0 Å². The number of halogens is 3. The number of hydrogen-bond acceptors (Lipinski definition) is 1. The number of nitrogens with zero attached hydrogens (tertiary/aromatic N) is 2. The summed E-state index contributed by atoms with van der Waals surface area (Å²) in [6.45, 7) is 2.18. The van der Waals surface area contributed by atoms with Crippen LogP contribution < -0.4 is 0 Å². The number of rotatable bonds is 3. The number of imidazole rings is 1. The Morgan fingerprint density at radius 3 is 2.79 bits per heavy atom. The van der Waals surface area contributed by atoms with E-state index in [1.807, 2.05) is 0 Å². The van der Waals surface area contributed by atoms with Crippen molar-refractivity contribution < 1.29 is 4.39 Å². The van der Waals surface area contributed by atoms with E-state index in [0.29, 0.717) is 23.4 Å². The van der Waals surface area contributed by atoms with Crippen LogP contribution in [0.2, 0.25) is 5.02 Å². The zero-order chi connectivity index (χ0) is 13.6. The van der Waals surface area contributed by atoms with E-state index in [4.69, 9.17) is 23.2 Å². The van der Waals surface area contributed by atoms with Crippen molar-refractivity contribution in [3.05, 3.63) is 28.8 Å². The fraction of sp³-hybridized carbons (Fsp3) is 0.500. The van der Waals surface area contributed by atoms with Crippen LogP contribution in [0.4, 0.5) is 4.39 Å². The fourth-order valence-corrected chi connectivity index (χ4v) is 3.17. The van der Waals surface area contributed by atoms with Gasteiger partial charge >= 0.3 is 0 Å². The molecule has 0 aliphatic heterocycles. The maximum absolute atomic E-state index is 13.5. The van der Waals surface area contributed by atoms with Crippen molar-refractivity contribution >= 4 is 34.2 Å². The van der Waals surface area contributed by atoms with Gasteiger partial charge in [-0.3, -0.25) is 0 Å².